The number of hydrogen-bond donors (Lipinski definition) is 0. The highest BCUT2D eigenvalue weighted by Crippen LogP contribution is 2.39. The van der Waals surface area contributed by atoms with Crippen LogP contribution in [0, 0.1) is 0 Å². The molecule has 1 atom stereocenters. The van der Waals surface area contributed by atoms with Crippen molar-refractivity contribution >= 4 is 46.3 Å². The number of benzene rings is 3. The summed E-state index contributed by atoms with van der Waals surface area (Å²) in [5, 5.41) is 0. The summed E-state index contributed by atoms with van der Waals surface area (Å²) in [6.45, 7) is 2.59. The van der Waals surface area contributed by atoms with E-state index in [1.165, 1.54) is 4.90 Å². The van der Waals surface area contributed by atoms with E-state index >= 15 is 0 Å². The van der Waals surface area contributed by atoms with E-state index in [0.29, 0.717) is 39.3 Å². The molecule has 1 heterocycles. The van der Waals surface area contributed by atoms with Crippen LogP contribution >= 0.6 is 24.0 Å². The zero-order valence-corrected chi connectivity index (χ0v) is 22.2. The minimum Gasteiger partial charge on any atom is -0.493 e. The molecule has 0 radical (unpaired) electrons. The Morgan fingerprint density at radius 1 is 1.03 bits per heavy atom. The van der Waals surface area contributed by atoms with E-state index in [1.807, 2.05) is 67.6 Å². The molecule has 1 unspecified atom stereocenters. The monoisotopic (exact) mass is 533 g/mol. The van der Waals surface area contributed by atoms with E-state index in [9.17, 15) is 9.59 Å². The molecule has 0 aliphatic carbocycles. The SMILES string of the molecule is CCCOC(=O)C(c1ccccc1)N1C(=O)/C(=C/c2ccc(OCc3ccccc3)c(OC)c2)SC1=S. The van der Waals surface area contributed by atoms with Gasteiger partial charge in [0.25, 0.3) is 5.91 Å². The maximum absolute atomic E-state index is 13.5. The molecule has 1 saturated heterocycles. The Kier molecular flexibility index (Phi) is 8.98. The number of carbonyl (C=O) groups excluding carboxylic acids is 2. The van der Waals surface area contributed by atoms with Crippen LogP contribution in [0.1, 0.15) is 36.1 Å². The Balaban J connectivity index is 1.57. The van der Waals surface area contributed by atoms with Crippen LogP contribution in [0.4, 0.5) is 0 Å². The number of methoxy groups -OCH3 is 1. The lowest BCUT2D eigenvalue weighted by Crippen LogP contribution is -2.38. The second kappa shape index (κ2) is 12.6. The molecular weight excluding hydrogens is 506 g/mol. The number of carbonyl (C=O) groups is 2. The predicted molar refractivity (Wildman–Crippen MR) is 149 cm³/mol. The molecule has 1 amide bonds. The summed E-state index contributed by atoms with van der Waals surface area (Å²) in [7, 11) is 1.57. The van der Waals surface area contributed by atoms with Gasteiger partial charge < -0.3 is 14.2 Å². The Labute approximate surface area is 226 Å². The van der Waals surface area contributed by atoms with Crippen molar-refractivity contribution in [3.05, 3.63) is 100 Å². The van der Waals surface area contributed by atoms with Gasteiger partial charge in [0.1, 0.15) is 10.9 Å². The van der Waals surface area contributed by atoms with E-state index in [0.717, 1.165) is 22.9 Å². The number of esters is 1. The number of rotatable bonds is 10. The first-order valence-corrected chi connectivity index (χ1v) is 13.1. The van der Waals surface area contributed by atoms with E-state index in [1.54, 1.807) is 31.4 Å². The minimum absolute atomic E-state index is 0.269. The van der Waals surface area contributed by atoms with E-state index < -0.39 is 12.0 Å². The fourth-order valence-electron chi connectivity index (χ4n) is 3.79. The van der Waals surface area contributed by atoms with Gasteiger partial charge in [-0.3, -0.25) is 9.69 Å². The third-order valence-electron chi connectivity index (χ3n) is 5.59. The summed E-state index contributed by atoms with van der Waals surface area (Å²) in [6, 6.07) is 23.4. The number of amides is 1. The van der Waals surface area contributed by atoms with Crippen LogP contribution < -0.4 is 9.47 Å². The van der Waals surface area contributed by atoms with Crippen molar-refractivity contribution in [2.45, 2.75) is 26.0 Å². The molecule has 1 aliphatic rings. The first-order chi connectivity index (χ1) is 18.0. The van der Waals surface area contributed by atoms with Crippen LogP contribution in [0.3, 0.4) is 0 Å². The smallest absolute Gasteiger partial charge is 0.333 e. The average molecular weight is 534 g/mol. The van der Waals surface area contributed by atoms with Crippen molar-refractivity contribution in [1.29, 1.82) is 0 Å². The van der Waals surface area contributed by atoms with Gasteiger partial charge in [-0.15, -0.1) is 0 Å². The number of ether oxygens (including phenoxy) is 3. The van der Waals surface area contributed by atoms with Crippen molar-refractivity contribution in [3.8, 4) is 11.5 Å². The lowest BCUT2D eigenvalue weighted by atomic mass is 10.1. The van der Waals surface area contributed by atoms with Gasteiger partial charge in [-0.1, -0.05) is 97.6 Å². The second-order valence-electron chi connectivity index (χ2n) is 8.22. The molecule has 1 aliphatic heterocycles. The topological polar surface area (TPSA) is 65.1 Å². The zero-order chi connectivity index (χ0) is 26.2. The van der Waals surface area contributed by atoms with Gasteiger partial charge in [0.05, 0.1) is 18.6 Å². The van der Waals surface area contributed by atoms with Crippen molar-refractivity contribution in [1.82, 2.24) is 4.90 Å². The summed E-state index contributed by atoms with van der Waals surface area (Å²) in [5.41, 5.74) is 2.43. The minimum atomic E-state index is -0.950. The molecule has 4 rings (SSSR count). The van der Waals surface area contributed by atoms with Crippen LogP contribution in [0.2, 0.25) is 0 Å². The van der Waals surface area contributed by atoms with Gasteiger partial charge in [0.15, 0.2) is 17.5 Å². The van der Waals surface area contributed by atoms with Crippen LogP contribution in [-0.4, -0.2) is 34.8 Å². The summed E-state index contributed by atoms with van der Waals surface area (Å²) in [5.74, 6) is 0.289. The lowest BCUT2D eigenvalue weighted by Gasteiger charge is -2.25. The Hall–Kier alpha value is -3.62. The summed E-state index contributed by atoms with van der Waals surface area (Å²) in [4.78, 5) is 28.2. The molecular formula is C29H27NO5S2. The maximum atomic E-state index is 13.5. The van der Waals surface area contributed by atoms with Gasteiger partial charge in [-0.2, -0.15) is 0 Å². The van der Waals surface area contributed by atoms with Gasteiger partial charge in [-0.05, 0) is 41.3 Å². The molecule has 0 spiro atoms. The van der Waals surface area contributed by atoms with Crippen LogP contribution in [0.25, 0.3) is 6.08 Å². The molecule has 1 fully saturated rings. The summed E-state index contributed by atoms with van der Waals surface area (Å²) < 4.78 is 17.2. The highest BCUT2D eigenvalue weighted by atomic mass is 32.2. The molecule has 0 N–H and O–H groups in total. The number of thioether (sulfide) groups is 1. The lowest BCUT2D eigenvalue weighted by molar-refractivity contribution is -0.151. The largest absolute Gasteiger partial charge is 0.493 e. The maximum Gasteiger partial charge on any atom is 0.333 e. The number of thiocarbonyl (C=S) groups is 1. The Morgan fingerprint density at radius 2 is 1.73 bits per heavy atom. The third-order valence-corrected chi connectivity index (χ3v) is 6.92. The van der Waals surface area contributed by atoms with E-state index in [4.69, 9.17) is 26.4 Å². The molecule has 3 aromatic carbocycles. The predicted octanol–water partition coefficient (Wildman–Crippen LogP) is 6.17. The zero-order valence-electron chi connectivity index (χ0n) is 20.6. The second-order valence-corrected chi connectivity index (χ2v) is 9.89. The van der Waals surface area contributed by atoms with Crippen molar-refractivity contribution < 1.29 is 23.8 Å². The third kappa shape index (κ3) is 6.39. The first kappa shape index (κ1) is 26.4. The fourth-order valence-corrected chi connectivity index (χ4v) is 5.10. The van der Waals surface area contributed by atoms with Gasteiger partial charge in [-0.25, -0.2) is 4.79 Å². The average Bonchev–Trinajstić information content (AvgIpc) is 3.20. The Morgan fingerprint density at radius 3 is 2.41 bits per heavy atom. The van der Waals surface area contributed by atoms with Gasteiger partial charge >= 0.3 is 5.97 Å². The Bertz CT molecular complexity index is 1290. The molecule has 0 aromatic heterocycles. The van der Waals surface area contributed by atoms with Crippen LogP contribution in [0.5, 0.6) is 11.5 Å². The van der Waals surface area contributed by atoms with E-state index in [-0.39, 0.29) is 12.5 Å². The molecule has 8 heteroatoms. The number of nitrogens with zero attached hydrogens (tertiary/aromatic N) is 1. The highest BCUT2D eigenvalue weighted by molar-refractivity contribution is 8.26. The van der Waals surface area contributed by atoms with E-state index in [2.05, 4.69) is 0 Å². The molecule has 0 saturated carbocycles. The van der Waals surface area contributed by atoms with Gasteiger partial charge in [0, 0.05) is 0 Å². The highest BCUT2D eigenvalue weighted by Gasteiger charge is 2.42. The van der Waals surface area contributed by atoms with Crippen LogP contribution in [0.15, 0.2) is 83.8 Å². The van der Waals surface area contributed by atoms with Crippen molar-refractivity contribution in [2.24, 2.45) is 0 Å². The van der Waals surface area contributed by atoms with Crippen molar-refractivity contribution in [3.63, 3.8) is 0 Å². The van der Waals surface area contributed by atoms with Crippen LogP contribution in [-0.2, 0) is 20.9 Å². The quantitative estimate of drug-likeness (QED) is 0.175. The normalized spacial score (nSPS) is 15.1. The first-order valence-electron chi connectivity index (χ1n) is 11.8. The van der Waals surface area contributed by atoms with Gasteiger partial charge in [0.2, 0.25) is 0 Å². The van der Waals surface area contributed by atoms with Crippen molar-refractivity contribution in [2.75, 3.05) is 13.7 Å². The standard InChI is InChI=1S/C29H27NO5S2/c1-3-16-34-28(32)26(22-12-8-5-9-13-22)30-27(31)25(37-29(30)36)18-21-14-15-23(24(17-21)33-2)35-19-20-10-6-4-7-11-20/h4-15,17-18,26H,3,16,19H2,1-2H3/b25-18-. The number of hydrogen-bond acceptors (Lipinski definition) is 7. The summed E-state index contributed by atoms with van der Waals surface area (Å²) >= 11 is 6.70. The molecule has 6 nitrogen and oxygen atoms in total. The summed E-state index contributed by atoms with van der Waals surface area (Å²) in [6.07, 6.45) is 2.42. The molecule has 190 valence electrons. The fraction of sp³-hybridized carbons (Fsp3) is 0.207. The molecule has 3 aromatic rings. The molecule has 0 bridgehead atoms. The molecule has 37 heavy (non-hydrogen) atoms.